The van der Waals surface area contributed by atoms with Crippen molar-refractivity contribution in [2.45, 2.75) is 39.0 Å². The molecule has 0 saturated heterocycles. The van der Waals surface area contributed by atoms with Crippen LogP contribution in [0.2, 0.25) is 0 Å². The van der Waals surface area contributed by atoms with Crippen molar-refractivity contribution >= 4 is 0 Å². The summed E-state index contributed by atoms with van der Waals surface area (Å²) in [5.41, 5.74) is 19.4. The van der Waals surface area contributed by atoms with Crippen molar-refractivity contribution in [2.75, 3.05) is 0 Å². The summed E-state index contributed by atoms with van der Waals surface area (Å²) in [4.78, 5) is 17.3. The van der Waals surface area contributed by atoms with E-state index in [1.54, 1.807) is 12.4 Å². The van der Waals surface area contributed by atoms with Gasteiger partial charge in [-0.3, -0.25) is 0 Å². The van der Waals surface area contributed by atoms with Gasteiger partial charge in [-0.2, -0.15) is 0 Å². The van der Waals surface area contributed by atoms with E-state index in [2.05, 4.69) is 231 Å². The minimum absolute atomic E-state index is 0. The van der Waals surface area contributed by atoms with Crippen LogP contribution in [0.1, 0.15) is 69.3 Å². The third kappa shape index (κ3) is 16.8. The number of aryl methyl sites for hydroxylation is 2. The first-order valence-corrected chi connectivity index (χ1v) is 41.2. The molecule has 0 amide bonds. The van der Waals surface area contributed by atoms with E-state index in [1.807, 2.05) is 176 Å². The summed E-state index contributed by atoms with van der Waals surface area (Å²) in [5.74, 6) is 0. The SMILES string of the molecule is Cc1ccc(-c2ccnc(-c3[c-]cccc3)c2)cc1.Cc1cccc2[n+]1C1(c3ccccc3-c3cc(-c4ccccc4)cc[n+]31)c1ccccc1-2.[2H]c1c([2H])c(C)c([2H])c(-c2c([2H])c([2H])[n+]3c(c2[2H])-c2c([2H])c([2H])c([2H])c([2H])c2C32c3c(C)c([2H])c([2H])c([2H])c3-c3c([2H])c([2H])c([2H])c([2H])[n+]32)c1[2H].[Ir].[Ir].[c-]1ccccc1-c1cc(-c2ccccc2)ccn1.[c-]1ccccc1-c1ccccn1.[c-]1ccccc1-c1ccccn1. The van der Waals surface area contributed by atoms with Crippen LogP contribution in [0.5, 0.6) is 0 Å². The van der Waals surface area contributed by atoms with Crippen molar-refractivity contribution in [1.82, 2.24) is 19.9 Å². The van der Waals surface area contributed by atoms with E-state index in [9.17, 15) is 6.85 Å². The Morgan fingerprint density at radius 1 is 0.281 bits per heavy atom. The van der Waals surface area contributed by atoms with Crippen molar-refractivity contribution < 1.29 is 83.2 Å². The molecule has 24 rings (SSSR count). The fourth-order valence-electron chi connectivity index (χ4n) is 16.7. The smallest absolute Gasteiger partial charge is 0.305 e. The number of nitrogens with zero attached hydrogens (tertiary/aromatic N) is 8. The average Bonchev–Trinajstić information content (AvgIpc) is 1.47. The third-order valence-electron chi connectivity index (χ3n) is 22.3. The molecule has 2 radical (unpaired) electrons. The molecule has 2 atom stereocenters. The monoisotopic (exact) mass is 2020 g/mol. The largest absolute Gasteiger partial charge is 0.417 e. The van der Waals surface area contributed by atoms with Crippen molar-refractivity contribution in [2.24, 2.45) is 0 Å². The minimum atomic E-state index is -2.50. The number of rotatable bonds is 8. The Morgan fingerprint density at radius 3 is 1.35 bits per heavy atom. The van der Waals surface area contributed by atoms with E-state index < -0.39 is 148 Å². The maximum Gasteiger partial charge on any atom is 0.417 e. The first kappa shape index (κ1) is 65.7. The van der Waals surface area contributed by atoms with E-state index >= 15 is 0 Å². The van der Waals surface area contributed by atoms with Crippen LogP contribution in [0, 0.1) is 52.0 Å². The van der Waals surface area contributed by atoms with E-state index in [0.29, 0.717) is 0 Å². The number of pyridine rings is 8. The predicted octanol–water partition coefficient (Wildman–Crippen LogP) is 25.1. The summed E-state index contributed by atoms with van der Waals surface area (Å²) in [5, 5.41) is 0. The van der Waals surface area contributed by atoms with E-state index in [0.717, 1.165) is 54.2 Å². The van der Waals surface area contributed by atoms with Crippen molar-refractivity contribution in [3.8, 4) is 135 Å². The van der Waals surface area contributed by atoms with E-state index in [1.165, 1.54) is 92.1 Å². The second-order valence-corrected chi connectivity index (χ2v) is 30.1. The van der Waals surface area contributed by atoms with E-state index in [4.69, 9.17) is 17.8 Å². The Kier molecular flexibility index (Phi) is 19.9. The average molecular weight is 2020 g/mol. The first-order valence-electron chi connectivity index (χ1n) is 50.2. The fraction of sp³-hybridized carbons (Fsp3) is 0.0508. The maximum absolute atomic E-state index is 9.56. The fourth-order valence-corrected chi connectivity index (χ4v) is 16.7. The molecule has 0 bridgehead atoms. The van der Waals surface area contributed by atoms with Gasteiger partial charge in [0, 0.05) is 120 Å². The Labute approximate surface area is 802 Å². The van der Waals surface area contributed by atoms with Gasteiger partial charge in [0.05, 0.1) is 44.2 Å². The zero-order chi connectivity index (χ0) is 101. The van der Waals surface area contributed by atoms with Gasteiger partial charge in [-0.1, -0.05) is 205 Å². The number of benzene rings is 12. The molecule has 12 aromatic carbocycles. The van der Waals surface area contributed by atoms with Crippen LogP contribution < -0.4 is 18.3 Å². The topological polar surface area (TPSA) is 67.1 Å². The Balaban J connectivity index is 0.000000130. The van der Waals surface area contributed by atoms with Crippen LogP contribution in [0.4, 0.5) is 0 Å². The zero-order valence-corrected chi connectivity index (χ0v) is 74.5. The zero-order valence-electron chi connectivity index (χ0n) is 87.7. The van der Waals surface area contributed by atoms with Gasteiger partial charge in [0.1, 0.15) is 25.0 Å². The summed E-state index contributed by atoms with van der Waals surface area (Å²) < 4.78 is 166. The van der Waals surface area contributed by atoms with Gasteiger partial charge in [-0.15, -0.1) is 162 Å². The second kappa shape index (κ2) is 38.7. The molecule has 2 spiro atoms. The standard InChI is InChI=1S/C31H24N2.C30H22N2.C18H14N.C17H12N.2C11H8N.2Ir/c1-21-9-7-11-23(19-21)24-16-18-33-29(20-24)25-12-3-4-14-27(25)31(33)30-22(2)10-8-13-26(30)28-15-5-6-17-32(28)31;1-21-10-9-17-28-24-13-5-7-15-26(24)30(32(21)28)27-16-8-6-14-25(27)29-20-23(18-19-31(29)30)22-11-3-2-4-12-22;1-14-7-9-15(10-8-14)17-11-12-19-18(13-17)16-5-3-2-4-6-16;1-3-7-14(8-4-1)16-11-12-18-17(13-16)15-9-5-2-6-10-15;2*1-2-6-10(7-3-1)11-8-4-5-9-12-11;;/h3-20H,1-2H3;2-20H,1H3;2-5,7-13H,1H3;1-9,11-13H;2*1-6,8-9H;;/q2*+2;4*-1;;/i3D,4D,5D,6D,7D,8D,9D,10D,11D,12D,13D,14D,15D,16D,17D,18D,19D,20D;;;;;;;. The summed E-state index contributed by atoms with van der Waals surface area (Å²) in [6.45, 7) is 7.03. The molecule has 0 aliphatic carbocycles. The van der Waals surface area contributed by atoms with Crippen LogP contribution in [-0.4, -0.2) is 19.9 Å². The van der Waals surface area contributed by atoms with Gasteiger partial charge in [-0.05, 0) is 172 Å². The first-order chi connectivity index (χ1) is 69.7. The molecule has 618 valence electrons. The molecular weight excluding hydrogens is 1910 g/mol. The maximum atomic E-state index is 9.56. The summed E-state index contributed by atoms with van der Waals surface area (Å²) in [6.07, 6.45) is 7.91. The van der Waals surface area contributed by atoms with Gasteiger partial charge in [0.2, 0.25) is 22.8 Å². The van der Waals surface area contributed by atoms with Crippen LogP contribution in [0.25, 0.3) is 135 Å². The van der Waals surface area contributed by atoms with E-state index in [-0.39, 0.29) is 68.2 Å². The van der Waals surface area contributed by atoms with Crippen LogP contribution in [-0.2, 0) is 51.5 Å². The number of aromatic nitrogens is 8. The van der Waals surface area contributed by atoms with Crippen LogP contribution in [0.3, 0.4) is 0 Å². The molecule has 0 fully saturated rings. The number of fused-ring (bicyclic) bond motifs is 20. The van der Waals surface area contributed by atoms with Gasteiger partial charge in [0.25, 0.3) is 0 Å². The third-order valence-corrected chi connectivity index (χ3v) is 22.3. The summed E-state index contributed by atoms with van der Waals surface area (Å²) in [7, 11) is 0. The molecule has 0 saturated carbocycles. The molecular formula is C118H88Ir2N8. The van der Waals surface area contributed by atoms with Gasteiger partial charge in [0.15, 0.2) is 24.2 Å². The van der Waals surface area contributed by atoms with Gasteiger partial charge < -0.3 is 19.9 Å². The minimum Gasteiger partial charge on any atom is -0.305 e. The second-order valence-electron chi connectivity index (χ2n) is 30.1. The molecule has 0 N–H and O–H groups in total. The molecule has 8 aromatic heterocycles. The molecule has 128 heavy (non-hydrogen) atoms. The molecule has 10 heteroatoms. The molecule has 4 aliphatic rings. The van der Waals surface area contributed by atoms with Crippen LogP contribution >= 0.6 is 0 Å². The van der Waals surface area contributed by atoms with Gasteiger partial charge >= 0.3 is 11.3 Å². The van der Waals surface area contributed by atoms with Crippen molar-refractivity contribution in [1.29, 1.82) is 0 Å². The predicted molar refractivity (Wildman–Crippen MR) is 506 cm³/mol. The molecule has 4 aliphatic heterocycles. The summed E-state index contributed by atoms with van der Waals surface area (Å²) >= 11 is 0. The normalized spacial score (nSPS) is 15.4. The molecule has 2 unspecified atom stereocenters. The number of hydrogen-bond acceptors (Lipinski definition) is 4. The number of hydrogen-bond donors (Lipinski definition) is 0. The quantitative estimate of drug-likeness (QED) is 0.112. The van der Waals surface area contributed by atoms with Crippen molar-refractivity contribution in [3.63, 3.8) is 0 Å². The Hall–Kier alpha value is -14.9. The molecule has 12 heterocycles. The Morgan fingerprint density at radius 2 is 0.773 bits per heavy atom. The Bertz CT molecular complexity index is 8090. The molecule has 20 aromatic rings. The van der Waals surface area contributed by atoms with Crippen molar-refractivity contribution in [3.05, 3.63) is 530 Å². The summed E-state index contributed by atoms with van der Waals surface area (Å²) in [6, 6.07) is 112. The van der Waals surface area contributed by atoms with Crippen LogP contribution in [0.15, 0.2) is 462 Å². The van der Waals surface area contributed by atoms with Gasteiger partial charge in [-0.25, -0.2) is 0 Å². The molecule has 8 nitrogen and oxygen atoms in total.